The summed E-state index contributed by atoms with van der Waals surface area (Å²) in [5.41, 5.74) is 3.18. The van der Waals surface area contributed by atoms with E-state index in [9.17, 15) is 0 Å². The normalized spacial score (nSPS) is 18.4. The molecular formula is C26H41N3O6S. The highest BCUT2D eigenvalue weighted by Crippen LogP contribution is 2.48. The second kappa shape index (κ2) is 14.6. The standard InChI is InChI=1S/C26H41N3O6S/c1-30-11-7-28(8-12-31-2)19-15-21(34-5)25-23(17-19)36-24-18-20(16-22(35-6)26(24)27-25)29(9-13-32-3)10-14-33-4/h15-18,23,25,27H,7-14H2,1-6H3. The largest absolute Gasteiger partial charge is 0.499 e. The van der Waals surface area contributed by atoms with Crippen molar-refractivity contribution in [2.45, 2.75) is 16.2 Å². The van der Waals surface area contributed by atoms with Gasteiger partial charge in [0.15, 0.2) is 0 Å². The summed E-state index contributed by atoms with van der Waals surface area (Å²) < 4.78 is 33.1. The Labute approximate surface area is 219 Å². The van der Waals surface area contributed by atoms with Gasteiger partial charge in [-0.05, 0) is 12.1 Å². The molecule has 0 saturated heterocycles. The smallest absolute Gasteiger partial charge is 0.145 e. The van der Waals surface area contributed by atoms with Crippen molar-refractivity contribution >= 4 is 23.1 Å². The minimum Gasteiger partial charge on any atom is -0.499 e. The summed E-state index contributed by atoms with van der Waals surface area (Å²) in [6, 6.07) is 4.30. The van der Waals surface area contributed by atoms with Crippen molar-refractivity contribution in [1.29, 1.82) is 0 Å². The van der Waals surface area contributed by atoms with Gasteiger partial charge in [-0.25, -0.2) is 0 Å². The van der Waals surface area contributed by atoms with Crippen LogP contribution in [-0.4, -0.2) is 111 Å². The van der Waals surface area contributed by atoms with Crippen molar-refractivity contribution in [1.82, 2.24) is 4.90 Å². The van der Waals surface area contributed by atoms with Crippen molar-refractivity contribution in [3.05, 3.63) is 35.7 Å². The van der Waals surface area contributed by atoms with Gasteiger partial charge >= 0.3 is 0 Å². The lowest BCUT2D eigenvalue weighted by molar-refractivity contribution is 0.132. The van der Waals surface area contributed by atoms with Crippen LogP contribution in [0.2, 0.25) is 0 Å². The van der Waals surface area contributed by atoms with Crippen LogP contribution in [0.25, 0.3) is 0 Å². The topological polar surface area (TPSA) is 73.9 Å². The molecule has 0 bridgehead atoms. The van der Waals surface area contributed by atoms with Crippen molar-refractivity contribution in [3.63, 3.8) is 0 Å². The van der Waals surface area contributed by atoms with Crippen molar-refractivity contribution in [2.24, 2.45) is 0 Å². The Balaban J connectivity index is 1.94. The van der Waals surface area contributed by atoms with E-state index in [1.54, 1.807) is 42.7 Å². The van der Waals surface area contributed by atoms with Crippen molar-refractivity contribution < 1.29 is 28.4 Å². The molecule has 2 aliphatic rings. The highest BCUT2D eigenvalue weighted by Gasteiger charge is 2.36. The van der Waals surface area contributed by atoms with Gasteiger partial charge in [0.05, 0.1) is 57.6 Å². The number of fused-ring (bicyclic) bond motifs is 2. The maximum Gasteiger partial charge on any atom is 0.145 e. The van der Waals surface area contributed by atoms with Gasteiger partial charge in [-0.1, -0.05) is 0 Å². The molecule has 1 aliphatic heterocycles. The molecule has 0 radical (unpaired) electrons. The minimum atomic E-state index is 0.000728. The van der Waals surface area contributed by atoms with E-state index < -0.39 is 0 Å². The molecule has 1 heterocycles. The molecule has 202 valence electrons. The number of anilines is 2. The number of hydrogen-bond donors (Lipinski definition) is 1. The van der Waals surface area contributed by atoms with E-state index in [0.717, 1.165) is 59.7 Å². The molecule has 0 amide bonds. The second-order valence-electron chi connectivity index (χ2n) is 8.51. The molecule has 1 aromatic carbocycles. The van der Waals surface area contributed by atoms with Crippen LogP contribution in [0.4, 0.5) is 11.4 Å². The molecule has 0 aromatic heterocycles. The molecular weight excluding hydrogens is 482 g/mol. The number of nitrogens with one attached hydrogen (secondary N) is 1. The van der Waals surface area contributed by atoms with E-state index in [2.05, 4.69) is 39.4 Å². The van der Waals surface area contributed by atoms with Gasteiger partial charge in [0, 0.05) is 83.0 Å². The highest BCUT2D eigenvalue weighted by molar-refractivity contribution is 8.00. The first-order valence-electron chi connectivity index (χ1n) is 12.2. The summed E-state index contributed by atoms with van der Waals surface area (Å²) in [6.07, 6.45) is 4.43. The summed E-state index contributed by atoms with van der Waals surface area (Å²) in [4.78, 5) is 5.69. The van der Waals surface area contributed by atoms with E-state index in [4.69, 9.17) is 28.4 Å². The van der Waals surface area contributed by atoms with Gasteiger partial charge in [-0.2, -0.15) is 0 Å². The summed E-state index contributed by atoms with van der Waals surface area (Å²) in [5.74, 6) is 1.70. The number of benzene rings is 1. The van der Waals surface area contributed by atoms with Crippen LogP contribution in [0, 0.1) is 0 Å². The van der Waals surface area contributed by atoms with E-state index in [0.29, 0.717) is 26.4 Å². The number of nitrogens with zero attached hydrogens (tertiary/aromatic N) is 2. The first kappa shape index (κ1) is 28.5. The SMILES string of the molecule is COCCN(CCOC)C1=CC2Sc3cc(N(CCOC)CCOC)cc(OC)c3NC2C(OC)=C1. The van der Waals surface area contributed by atoms with Crippen LogP contribution < -0.4 is 15.0 Å². The fourth-order valence-electron chi connectivity index (χ4n) is 4.35. The molecule has 3 rings (SSSR count). The maximum absolute atomic E-state index is 5.87. The van der Waals surface area contributed by atoms with Crippen LogP contribution in [0.3, 0.4) is 0 Å². The van der Waals surface area contributed by atoms with E-state index in [-0.39, 0.29) is 11.3 Å². The second-order valence-corrected chi connectivity index (χ2v) is 9.73. The number of allylic oxidation sites excluding steroid dienone is 1. The zero-order valence-electron chi connectivity index (χ0n) is 22.4. The fourth-order valence-corrected chi connectivity index (χ4v) is 5.66. The van der Waals surface area contributed by atoms with Crippen LogP contribution in [0.5, 0.6) is 5.75 Å². The lowest BCUT2D eigenvalue weighted by atomic mass is 10.0. The predicted molar refractivity (Wildman–Crippen MR) is 145 cm³/mol. The molecule has 2 atom stereocenters. The van der Waals surface area contributed by atoms with Gasteiger partial charge in [0.2, 0.25) is 0 Å². The average Bonchev–Trinajstić information content (AvgIpc) is 2.90. The quantitative estimate of drug-likeness (QED) is 0.349. The molecule has 1 N–H and O–H groups in total. The monoisotopic (exact) mass is 523 g/mol. The molecule has 2 unspecified atom stereocenters. The zero-order valence-corrected chi connectivity index (χ0v) is 23.2. The molecule has 9 nitrogen and oxygen atoms in total. The van der Waals surface area contributed by atoms with Crippen molar-refractivity contribution in [2.75, 3.05) is 105 Å². The third kappa shape index (κ3) is 7.01. The average molecular weight is 524 g/mol. The van der Waals surface area contributed by atoms with Crippen LogP contribution >= 0.6 is 11.8 Å². The van der Waals surface area contributed by atoms with Crippen LogP contribution in [-0.2, 0) is 23.7 Å². The van der Waals surface area contributed by atoms with Crippen molar-refractivity contribution in [3.8, 4) is 5.75 Å². The Bertz CT molecular complexity index is 881. The maximum atomic E-state index is 5.87. The lowest BCUT2D eigenvalue weighted by Crippen LogP contribution is -2.41. The summed E-state index contributed by atoms with van der Waals surface area (Å²) in [7, 11) is 10.3. The Hall–Kier alpha value is -2.11. The fraction of sp³-hybridized carbons (Fsp3) is 0.615. The number of rotatable bonds is 16. The number of hydrogen-bond acceptors (Lipinski definition) is 10. The van der Waals surface area contributed by atoms with Crippen LogP contribution in [0.15, 0.2) is 40.6 Å². The number of thioether (sulfide) groups is 1. The Morgan fingerprint density at radius 3 is 1.89 bits per heavy atom. The molecule has 0 saturated carbocycles. The first-order valence-corrected chi connectivity index (χ1v) is 13.1. The molecule has 1 aliphatic carbocycles. The number of ether oxygens (including phenoxy) is 6. The van der Waals surface area contributed by atoms with Crippen LogP contribution in [0.1, 0.15) is 0 Å². The molecule has 1 aromatic rings. The van der Waals surface area contributed by atoms with E-state index in [1.165, 1.54) is 0 Å². The van der Waals surface area contributed by atoms with E-state index >= 15 is 0 Å². The third-order valence-electron chi connectivity index (χ3n) is 6.32. The van der Waals surface area contributed by atoms with Gasteiger partial charge < -0.3 is 43.5 Å². The molecule has 0 spiro atoms. The van der Waals surface area contributed by atoms with Gasteiger partial charge in [-0.15, -0.1) is 11.8 Å². The first-order chi connectivity index (χ1) is 17.6. The Morgan fingerprint density at radius 2 is 1.36 bits per heavy atom. The molecule has 10 heteroatoms. The van der Waals surface area contributed by atoms with Gasteiger partial charge in [0.1, 0.15) is 11.5 Å². The Morgan fingerprint density at radius 1 is 0.778 bits per heavy atom. The number of methoxy groups -OCH3 is 6. The molecule has 36 heavy (non-hydrogen) atoms. The summed E-state index contributed by atoms with van der Waals surface area (Å²) >= 11 is 1.82. The summed E-state index contributed by atoms with van der Waals surface area (Å²) in [6.45, 7) is 5.62. The lowest BCUT2D eigenvalue weighted by Gasteiger charge is -2.39. The summed E-state index contributed by atoms with van der Waals surface area (Å²) in [5, 5.41) is 3.84. The zero-order chi connectivity index (χ0) is 25.9. The van der Waals surface area contributed by atoms with Gasteiger partial charge in [-0.3, -0.25) is 0 Å². The Kier molecular flexibility index (Phi) is 11.5. The van der Waals surface area contributed by atoms with E-state index in [1.807, 2.05) is 11.8 Å². The third-order valence-corrected chi connectivity index (χ3v) is 7.58. The van der Waals surface area contributed by atoms with Gasteiger partial charge in [0.25, 0.3) is 0 Å². The highest BCUT2D eigenvalue weighted by atomic mass is 32.2. The molecule has 0 fully saturated rings. The minimum absolute atomic E-state index is 0.000728. The predicted octanol–water partition coefficient (Wildman–Crippen LogP) is 3.07.